The third-order valence-corrected chi connectivity index (χ3v) is 8.35. The fourth-order valence-corrected chi connectivity index (χ4v) is 5.87. The molecule has 204 valence electrons. The molecule has 0 radical (unpaired) electrons. The van der Waals surface area contributed by atoms with Gasteiger partial charge in [0.25, 0.3) is 10.0 Å². The Bertz CT molecular complexity index is 1720. The average molecular weight is 570 g/mol. The molecule has 0 saturated heterocycles. The average Bonchev–Trinajstić information content (AvgIpc) is 2.91. The number of fused-ring (bicyclic) bond motifs is 1. The second-order valence-electron chi connectivity index (χ2n) is 8.51. The molecule has 0 aliphatic heterocycles. The Morgan fingerprint density at radius 3 is 2.15 bits per heavy atom. The van der Waals surface area contributed by atoms with Crippen molar-refractivity contribution in [3.05, 3.63) is 84.9 Å². The van der Waals surface area contributed by atoms with Gasteiger partial charge in [-0.15, -0.1) is 0 Å². The lowest BCUT2D eigenvalue weighted by Crippen LogP contribution is -2.37. The summed E-state index contributed by atoms with van der Waals surface area (Å²) in [7, 11) is -4.87. The van der Waals surface area contributed by atoms with Crippen LogP contribution in [0.15, 0.2) is 89.8 Å². The van der Waals surface area contributed by atoms with E-state index in [9.17, 15) is 21.6 Å². The maximum atomic E-state index is 13.0. The van der Waals surface area contributed by atoms with Crippen molar-refractivity contribution in [1.29, 1.82) is 0 Å². The van der Waals surface area contributed by atoms with E-state index in [1.54, 1.807) is 12.1 Å². The Labute approximate surface area is 227 Å². The number of carbonyl (C=O) groups is 1. The third-order valence-electron chi connectivity index (χ3n) is 5.82. The molecule has 0 bridgehead atoms. The predicted molar refractivity (Wildman–Crippen MR) is 152 cm³/mol. The number of methoxy groups -OCH3 is 2. The highest BCUT2D eigenvalue weighted by molar-refractivity contribution is 7.92. The van der Waals surface area contributed by atoms with Crippen LogP contribution in [0.25, 0.3) is 10.8 Å². The van der Waals surface area contributed by atoms with Crippen molar-refractivity contribution >= 4 is 53.8 Å². The van der Waals surface area contributed by atoms with Gasteiger partial charge in [-0.05, 0) is 47.9 Å². The van der Waals surface area contributed by atoms with E-state index in [2.05, 4.69) is 10.0 Å². The quantitative estimate of drug-likeness (QED) is 0.294. The van der Waals surface area contributed by atoms with Gasteiger partial charge in [0.2, 0.25) is 15.9 Å². The van der Waals surface area contributed by atoms with Crippen molar-refractivity contribution in [2.45, 2.75) is 4.90 Å². The van der Waals surface area contributed by atoms with E-state index in [1.165, 1.54) is 56.7 Å². The Morgan fingerprint density at radius 2 is 1.49 bits per heavy atom. The van der Waals surface area contributed by atoms with Crippen molar-refractivity contribution in [2.24, 2.45) is 0 Å². The first-order valence-corrected chi connectivity index (χ1v) is 15.0. The Kier molecular flexibility index (Phi) is 7.98. The molecule has 0 fully saturated rings. The van der Waals surface area contributed by atoms with Crippen LogP contribution in [0, 0.1) is 0 Å². The van der Waals surface area contributed by atoms with Crippen LogP contribution in [0.4, 0.5) is 17.1 Å². The standard InChI is InChI=1S/C27H27N3O7S2/c1-36-25-16-13-21(17-26(25)37-2)30(38(3,32)33)18-27(31)28-20-11-14-22(15-12-20)39(34,35)29-24-10-6-8-19-7-4-5-9-23(19)24/h4-17,29H,18H2,1-3H3,(H,28,31). The Hall–Kier alpha value is -4.29. The molecular weight excluding hydrogens is 542 g/mol. The van der Waals surface area contributed by atoms with Crippen molar-refractivity contribution in [3.63, 3.8) is 0 Å². The first-order valence-electron chi connectivity index (χ1n) is 11.6. The monoisotopic (exact) mass is 569 g/mol. The number of rotatable bonds is 10. The molecule has 0 atom stereocenters. The highest BCUT2D eigenvalue weighted by Gasteiger charge is 2.23. The zero-order chi connectivity index (χ0) is 28.2. The lowest BCUT2D eigenvalue weighted by Gasteiger charge is -2.23. The molecule has 12 heteroatoms. The molecule has 0 spiro atoms. The van der Waals surface area contributed by atoms with Crippen LogP contribution < -0.4 is 23.8 Å². The summed E-state index contributed by atoms with van der Waals surface area (Å²) in [5, 5.41) is 4.26. The number of hydrogen-bond donors (Lipinski definition) is 2. The van der Waals surface area contributed by atoms with Gasteiger partial charge >= 0.3 is 0 Å². The van der Waals surface area contributed by atoms with Crippen LogP contribution in [0.1, 0.15) is 0 Å². The second kappa shape index (κ2) is 11.2. The number of ether oxygens (including phenoxy) is 2. The van der Waals surface area contributed by atoms with Gasteiger partial charge in [0, 0.05) is 17.1 Å². The molecule has 4 aromatic carbocycles. The van der Waals surface area contributed by atoms with E-state index >= 15 is 0 Å². The summed E-state index contributed by atoms with van der Waals surface area (Å²) in [5.41, 5.74) is 0.956. The number of nitrogens with one attached hydrogen (secondary N) is 2. The minimum absolute atomic E-state index is 0.00322. The molecule has 2 N–H and O–H groups in total. The topological polar surface area (TPSA) is 131 Å². The van der Waals surface area contributed by atoms with Crippen LogP contribution in [-0.4, -0.2) is 49.8 Å². The van der Waals surface area contributed by atoms with Gasteiger partial charge in [-0.2, -0.15) is 0 Å². The smallest absolute Gasteiger partial charge is 0.261 e. The molecular formula is C27H27N3O7S2. The van der Waals surface area contributed by atoms with Gasteiger partial charge in [0.05, 0.1) is 36.7 Å². The van der Waals surface area contributed by atoms with E-state index < -0.39 is 32.5 Å². The maximum absolute atomic E-state index is 13.0. The van der Waals surface area contributed by atoms with Crippen molar-refractivity contribution < 1.29 is 31.1 Å². The number of benzene rings is 4. The first kappa shape index (κ1) is 27.7. The highest BCUT2D eigenvalue weighted by Crippen LogP contribution is 2.32. The van der Waals surface area contributed by atoms with Crippen molar-refractivity contribution in [1.82, 2.24) is 0 Å². The number of sulfonamides is 2. The van der Waals surface area contributed by atoms with Gasteiger partial charge in [-0.1, -0.05) is 36.4 Å². The zero-order valence-electron chi connectivity index (χ0n) is 21.4. The molecule has 0 unspecified atom stereocenters. The number of carbonyl (C=O) groups excluding carboxylic acids is 1. The van der Waals surface area contributed by atoms with Crippen molar-refractivity contribution in [2.75, 3.05) is 41.4 Å². The summed E-state index contributed by atoms with van der Waals surface area (Å²) in [4.78, 5) is 12.8. The maximum Gasteiger partial charge on any atom is 0.261 e. The SMILES string of the molecule is COc1ccc(N(CC(=O)Nc2ccc(S(=O)(=O)Nc3cccc4ccccc34)cc2)S(C)(=O)=O)cc1OC. The van der Waals surface area contributed by atoms with Crippen LogP contribution >= 0.6 is 0 Å². The van der Waals surface area contributed by atoms with Crippen LogP contribution in [0.5, 0.6) is 11.5 Å². The molecule has 4 rings (SSSR count). The number of amides is 1. The van der Waals surface area contributed by atoms with E-state index in [0.717, 1.165) is 21.3 Å². The lowest BCUT2D eigenvalue weighted by atomic mass is 10.1. The summed E-state index contributed by atoms with van der Waals surface area (Å²) < 4.78 is 64.9. The molecule has 0 aliphatic carbocycles. The van der Waals surface area contributed by atoms with Crippen LogP contribution in [0.2, 0.25) is 0 Å². The number of hydrogen-bond acceptors (Lipinski definition) is 7. The molecule has 0 saturated carbocycles. The summed E-state index contributed by atoms with van der Waals surface area (Å²) in [5.74, 6) is 0.0850. The predicted octanol–water partition coefficient (Wildman–Crippen LogP) is 4.06. The summed E-state index contributed by atoms with van der Waals surface area (Å²) >= 11 is 0. The largest absolute Gasteiger partial charge is 0.493 e. The normalized spacial score (nSPS) is 11.6. The Balaban J connectivity index is 1.49. The van der Waals surface area contributed by atoms with Gasteiger partial charge in [-0.3, -0.25) is 13.8 Å². The van der Waals surface area contributed by atoms with E-state index in [1.807, 2.05) is 30.3 Å². The Morgan fingerprint density at radius 1 is 0.821 bits per heavy atom. The molecule has 4 aromatic rings. The first-order chi connectivity index (χ1) is 18.5. The van der Waals surface area contributed by atoms with Crippen molar-refractivity contribution in [3.8, 4) is 11.5 Å². The summed E-state index contributed by atoms with van der Waals surface area (Å²) in [6.45, 7) is -0.517. The third kappa shape index (κ3) is 6.41. The van der Waals surface area contributed by atoms with Gasteiger partial charge in [0.1, 0.15) is 6.54 Å². The van der Waals surface area contributed by atoms with E-state index in [0.29, 0.717) is 22.9 Å². The van der Waals surface area contributed by atoms with E-state index in [4.69, 9.17) is 9.47 Å². The fraction of sp³-hybridized carbons (Fsp3) is 0.148. The van der Waals surface area contributed by atoms with Crippen LogP contribution in [-0.2, 0) is 24.8 Å². The molecule has 10 nitrogen and oxygen atoms in total. The summed E-state index contributed by atoms with van der Waals surface area (Å²) in [6, 6.07) is 22.8. The zero-order valence-corrected chi connectivity index (χ0v) is 23.0. The number of anilines is 3. The van der Waals surface area contributed by atoms with Gasteiger partial charge in [0.15, 0.2) is 11.5 Å². The second-order valence-corrected chi connectivity index (χ2v) is 12.1. The minimum atomic E-state index is -3.91. The van der Waals surface area contributed by atoms with Gasteiger partial charge in [-0.25, -0.2) is 16.8 Å². The molecule has 39 heavy (non-hydrogen) atoms. The molecule has 0 heterocycles. The lowest BCUT2D eigenvalue weighted by molar-refractivity contribution is -0.114. The molecule has 0 aliphatic rings. The highest BCUT2D eigenvalue weighted by atomic mass is 32.2. The van der Waals surface area contributed by atoms with E-state index in [-0.39, 0.29) is 10.6 Å². The fourth-order valence-electron chi connectivity index (χ4n) is 3.95. The van der Waals surface area contributed by atoms with Crippen LogP contribution in [0.3, 0.4) is 0 Å². The summed E-state index contributed by atoms with van der Waals surface area (Å²) in [6.07, 6.45) is 0.986. The molecule has 1 amide bonds. The van der Waals surface area contributed by atoms with Gasteiger partial charge < -0.3 is 14.8 Å². The molecule has 0 aromatic heterocycles. The minimum Gasteiger partial charge on any atom is -0.493 e. The number of nitrogens with zero attached hydrogens (tertiary/aromatic N) is 1.